The normalized spacial score (nSPS) is 12.6. The number of hydrogen-bond donors (Lipinski definition) is 1. The first kappa shape index (κ1) is 15.3. The molecule has 2 nitrogen and oxygen atoms in total. The quantitative estimate of drug-likeness (QED) is 0.818. The van der Waals surface area contributed by atoms with Gasteiger partial charge in [0.1, 0.15) is 5.75 Å². The molecule has 0 aromatic heterocycles. The predicted molar refractivity (Wildman–Crippen MR) is 81.6 cm³/mol. The third-order valence-electron chi connectivity index (χ3n) is 3.77. The molecule has 3 heteroatoms. The Balaban J connectivity index is 2.69. The Morgan fingerprint density at radius 2 is 1.67 bits per heavy atom. The highest BCUT2D eigenvalue weighted by atomic mass is 28.4. The van der Waals surface area contributed by atoms with Crippen LogP contribution in [-0.2, 0) is 6.42 Å². The molecule has 1 rings (SSSR count). The van der Waals surface area contributed by atoms with Crippen LogP contribution in [0.3, 0.4) is 0 Å². The number of rotatable bonds is 5. The molecule has 0 aliphatic rings. The van der Waals surface area contributed by atoms with Crippen LogP contribution in [0.5, 0.6) is 5.75 Å². The summed E-state index contributed by atoms with van der Waals surface area (Å²) >= 11 is 0. The highest BCUT2D eigenvalue weighted by molar-refractivity contribution is 6.74. The maximum absolute atomic E-state index is 6.24. The van der Waals surface area contributed by atoms with Crippen molar-refractivity contribution in [1.29, 1.82) is 0 Å². The summed E-state index contributed by atoms with van der Waals surface area (Å²) in [5.74, 6) is 0.998. The second-order valence-electron chi connectivity index (χ2n) is 6.40. The van der Waals surface area contributed by atoms with Gasteiger partial charge in [0.2, 0.25) is 8.32 Å². The van der Waals surface area contributed by atoms with Gasteiger partial charge in [-0.3, -0.25) is 0 Å². The maximum atomic E-state index is 6.24. The van der Waals surface area contributed by atoms with E-state index in [4.69, 9.17) is 10.2 Å². The third-order valence-corrected chi connectivity index (χ3v) is 8.13. The molecule has 0 radical (unpaired) electrons. The van der Waals surface area contributed by atoms with E-state index in [1.807, 2.05) is 0 Å². The fourth-order valence-electron chi connectivity index (χ4n) is 1.48. The Bertz CT molecular complexity index is 365. The lowest BCUT2D eigenvalue weighted by atomic mass is 10.1. The number of hydrogen-bond acceptors (Lipinski definition) is 2. The van der Waals surface area contributed by atoms with Gasteiger partial charge in [0.15, 0.2) is 0 Å². The molecule has 0 saturated heterocycles. The molecule has 0 heterocycles. The van der Waals surface area contributed by atoms with Gasteiger partial charge in [0.25, 0.3) is 0 Å². The Labute approximate surface area is 113 Å². The predicted octanol–water partition coefficient (Wildman–Crippen LogP) is 3.96. The molecule has 0 aliphatic carbocycles. The van der Waals surface area contributed by atoms with Crippen LogP contribution in [-0.4, -0.2) is 14.9 Å². The fraction of sp³-hybridized carbons (Fsp3) is 0.600. The van der Waals surface area contributed by atoms with E-state index in [1.165, 1.54) is 5.56 Å². The lowest BCUT2D eigenvalue weighted by Crippen LogP contribution is -2.43. The first-order chi connectivity index (χ1) is 8.26. The van der Waals surface area contributed by atoms with E-state index in [9.17, 15) is 0 Å². The molecule has 0 amide bonds. The molecule has 0 fully saturated rings. The molecule has 0 unspecified atom stereocenters. The molecular weight excluding hydrogens is 238 g/mol. The smallest absolute Gasteiger partial charge is 0.250 e. The highest BCUT2D eigenvalue weighted by Crippen LogP contribution is 2.37. The van der Waals surface area contributed by atoms with E-state index >= 15 is 0 Å². The van der Waals surface area contributed by atoms with Gasteiger partial charge in [-0.25, -0.2) is 0 Å². The first-order valence-electron chi connectivity index (χ1n) is 6.74. The Morgan fingerprint density at radius 3 is 2.11 bits per heavy atom. The van der Waals surface area contributed by atoms with Gasteiger partial charge >= 0.3 is 0 Å². The summed E-state index contributed by atoms with van der Waals surface area (Å²) in [6.45, 7) is 12.1. The van der Waals surface area contributed by atoms with E-state index < -0.39 is 8.32 Å². The Morgan fingerprint density at radius 1 is 1.11 bits per heavy atom. The van der Waals surface area contributed by atoms with Gasteiger partial charge in [-0.1, -0.05) is 32.9 Å². The molecule has 0 spiro atoms. The van der Waals surface area contributed by atoms with Crippen molar-refractivity contribution < 1.29 is 4.43 Å². The summed E-state index contributed by atoms with van der Waals surface area (Å²) < 4.78 is 6.24. The van der Waals surface area contributed by atoms with E-state index in [1.54, 1.807) is 0 Å². The van der Waals surface area contributed by atoms with Crippen molar-refractivity contribution in [3.8, 4) is 5.75 Å². The molecule has 0 aliphatic heterocycles. The van der Waals surface area contributed by atoms with Crippen molar-refractivity contribution in [3.05, 3.63) is 29.8 Å². The second-order valence-corrected chi connectivity index (χ2v) is 11.1. The molecule has 2 N–H and O–H groups in total. The van der Waals surface area contributed by atoms with Crippen molar-refractivity contribution in [2.45, 2.75) is 51.7 Å². The SMILES string of the molecule is CC(C)(C)[Si](C)(C)Oc1ccc(CCCN)cc1. The average molecular weight is 265 g/mol. The molecule has 1 aromatic carbocycles. The number of benzene rings is 1. The van der Waals surface area contributed by atoms with Crippen molar-refractivity contribution >= 4 is 8.32 Å². The van der Waals surface area contributed by atoms with Crippen LogP contribution in [0, 0.1) is 0 Å². The largest absolute Gasteiger partial charge is 0.544 e. The standard InChI is InChI=1S/C15H27NOSi/c1-15(2,3)18(4,5)17-14-10-8-13(9-11-14)7-6-12-16/h8-11H,6-7,12,16H2,1-5H3. The topological polar surface area (TPSA) is 35.2 Å². The van der Waals surface area contributed by atoms with Crippen LogP contribution in [0.1, 0.15) is 32.8 Å². The van der Waals surface area contributed by atoms with Gasteiger partial charge in [-0.05, 0) is 55.2 Å². The van der Waals surface area contributed by atoms with E-state index in [0.717, 1.165) is 25.1 Å². The lowest BCUT2D eigenvalue weighted by Gasteiger charge is -2.36. The maximum Gasteiger partial charge on any atom is 0.250 e. The average Bonchev–Trinajstić information content (AvgIpc) is 2.26. The highest BCUT2D eigenvalue weighted by Gasteiger charge is 2.38. The van der Waals surface area contributed by atoms with Crippen LogP contribution >= 0.6 is 0 Å². The molecule has 0 bridgehead atoms. The summed E-state index contributed by atoms with van der Waals surface area (Å²) in [6.07, 6.45) is 2.10. The first-order valence-corrected chi connectivity index (χ1v) is 9.65. The van der Waals surface area contributed by atoms with Gasteiger partial charge in [-0.15, -0.1) is 0 Å². The molecular formula is C15H27NOSi. The summed E-state index contributed by atoms with van der Waals surface area (Å²) in [5.41, 5.74) is 6.85. The second kappa shape index (κ2) is 5.89. The van der Waals surface area contributed by atoms with E-state index in [0.29, 0.717) is 0 Å². The van der Waals surface area contributed by atoms with Crippen LogP contribution < -0.4 is 10.2 Å². The number of aryl methyl sites for hydroxylation is 1. The van der Waals surface area contributed by atoms with E-state index in [2.05, 4.69) is 58.1 Å². The van der Waals surface area contributed by atoms with Gasteiger partial charge in [-0.2, -0.15) is 0 Å². The summed E-state index contributed by atoms with van der Waals surface area (Å²) in [7, 11) is -1.71. The van der Waals surface area contributed by atoms with Crippen molar-refractivity contribution in [2.24, 2.45) is 5.73 Å². The Hall–Kier alpha value is -0.803. The minimum atomic E-state index is -1.71. The third kappa shape index (κ3) is 4.14. The zero-order valence-corrected chi connectivity index (χ0v) is 13.4. The van der Waals surface area contributed by atoms with E-state index in [-0.39, 0.29) is 5.04 Å². The minimum absolute atomic E-state index is 0.241. The molecule has 1 aromatic rings. The van der Waals surface area contributed by atoms with Gasteiger partial charge in [0.05, 0.1) is 0 Å². The van der Waals surface area contributed by atoms with Crippen molar-refractivity contribution in [3.63, 3.8) is 0 Å². The fourth-order valence-corrected chi connectivity index (χ4v) is 2.51. The molecule has 18 heavy (non-hydrogen) atoms. The zero-order valence-electron chi connectivity index (χ0n) is 12.4. The molecule has 0 saturated carbocycles. The molecule has 0 atom stereocenters. The molecule has 102 valence electrons. The lowest BCUT2D eigenvalue weighted by molar-refractivity contribution is 0.492. The van der Waals surface area contributed by atoms with Crippen molar-refractivity contribution in [2.75, 3.05) is 6.54 Å². The van der Waals surface area contributed by atoms with Crippen LogP contribution in [0.25, 0.3) is 0 Å². The van der Waals surface area contributed by atoms with Crippen LogP contribution in [0.2, 0.25) is 18.1 Å². The zero-order chi connectivity index (χ0) is 13.8. The Kier molecular flexibility index (Phi) is 4.99. The van der Waals surface area contributed by atoms with Gasteiger partial charge in [0, 0.05) is 0 Å². The van der Waals surface area contributed by atoms with Crippen LogP contribution in [0.4, 0.5) is 0 Å². The van der Waals surface area contributed by atoms with Gasteiger partial charge < -0.3 is 10.2 Å². The monoisotopic (exact) mass is 265 g/mol. The summed E-state index contributed by atoms with van der Waals surface area (Å²) in [6, 6.07) is 8.48. The van der Waals surface area contributed by atoms with Crippen LogP contribution in [0.15, 0.2) is 24.3 Å². The summed E-state index contributed by atoms with van der Waals surface area (Å²) in [4.78, 5) is 0. The minimum Gasteiger partial charge on any atom is -0.544 e. The number of nitrogens with two attached hydrogens (primary N) is 1. The summed E-state index contributed by atoms with van der Waals surface area (Å²) in [5, 5.41) is 0.241. The van der Waals surface area contributed by atoms with Crippen molar-refractivity contribution in [1.82, 2.24) is 0 Å².